The number of ether oxygens (including phenoxy) is 1. The Hall–Kier alpha value is -0.0800. The topological polar surface area (TPSA) is 21.3 Å². The molecule has 0 aromatic heterocycles. The van der Waals surface area contributed by atoms with Crippen LogP contribution in [0.15, 0.2) is 0 Å². The monoisotopic (exact) mass is 253 g/mol. The second-order valence-corrected chi connectivity index (χ2v) is 6.91. The van der Waals surface area contributed by atoms with E-state index in [0.717, 1.165) is 25.2 Å². The second-order valence-electron chi connectivity index (χ2n) is 6.91. The molecule has 106 valence electrons. The van der Waals surface area contributed by atoms with E-state index in [2.05, 4.69) is 19.2 Å². The molecular weight excluding hydrogens is 222 g/mol. The molecule has 0 aromatic carbocycles. The Bertz CT molecular complexity index is 229. The van der Waals surface area contributed by atoms with Gasteiger partial charge in [-0.3, -0.25) is 0 Å². The van der Waals surface area contributed by atoms with Crippen molar-refractivity contribution in [1.82, 2.24) is 5.32 Å². The van der Waals surface area contributed by atoms with E-state index >= 15 is 0 Å². The Labute approximate surface area is 113 Å². The molecule has 2 heteroatoms. The molecule has 0 aliphatic heterocycles. The lowest BCUT2D eigenvalue weighted by atomic mass is 9.83. The normalized spacial score (nSPS) is 22.8. The van der Waals surface area contributed by atoms with Gasteiger partial charge in [0.1, 0.15) is 0 Å². The van der Waals surface area contributed by atoms with Crippen LogP contribution in [0.1, 0.15) is 65.2 Å². The third-order valence-electron chi connectivity index (χ3n) is 4.62. The number of hydrogen-bond donors (Lipinski definition) is 1. The van der Waals surface area contributed by atoms with Gasteiger partial charge in [0.25, 0.3) is 0 Å². The highest BCUT2D eigenvalue weighted by Crippen LogP contribution is 2.41. The fourth-order valence-electron chi connectivity index (χ4n) is 3.00. The summed E-state index contributed by atoms with van der Waals surface area (Å²) in [5.74, 6) is 0.766. The molecule has 2 aliphatic rings. The summed E-state index contributed by atoms with van der Waals surface area (Å²) in [7, 11) is 0. The van der Waals surface area contributed by atoms with Gasteiger partial charge in [0.2, 0.25) is 0 Å². The number of rotatable bonds is 9. The standard InChI is InChI=1S/C16H31NO/c1-14(2)7-11-18-12-10-16(8-3-4-9-16)13-17-15-5-6-15/h14-15,17H,3-13H2,1-2H3. The minimum Gasteiger partial charge on any atom is -0.381 e. The van der Waals surface area contributed by atoms with Crippen LogP contribution in [0.2, 0.25) is 0 Å². The minimum atomic E-state index is 0.570. The summed E-state index contributed by atoms with van der Waals surface area (Å²) >= 11 is 0. The average molecular weight is 253 g/mol. The Morgan fingerprint density at radius 1 is 1.17 bits per heavy atom. The molecule has 0 radical (unpaired) electrons. The number of hydrogen-bond acceptors (Lipinski definition) is 2. The van der Waals surface area contributed by atoms with Crippen molar-refractivity contribution in [1.29, 1.82) is 0 Å². The molecule has 2 fully saturated rings. The summed E-state index contributed by atoms with van der Waals surface area (Å²) in [6.07, 6.45) is 11.0. The van der Waals surface area contributed by atoms with E-state index < -0.39 is 0 Å². The molecule has 0 aromatic rings. The zero-order valence-electron chi connectivity index (χ0n) is 12.3. The van der Waals surface area contributed by atoms with E-state index in [4.69, 9.17) is 4.74 Å². The van der Waals surface area contributed by atoms with Crippen molar-refractivity contribution in [3.63, 3.8) is 0 Å². The maximum absolute atomic E-state index is 5.83. The molecule has 0 bridgehead atoms. The highest BCUT2D eigenvalue weighted by molar-refractivity contribution is 4.90. The third kappa shape index (κ3) is 4.89. The van der Waals surface area contributed by atoms with Gasteiger partial charge in [-0.25, -0.2) is 0 Å². The first-order valence-electron chi connectivity index (χ1n) is 8.01. The van der Waals surface area contributed by atoms with E-state index in [1.54, 1.807) is 0 Å². The van der Waals surface area contributed by atoms with Crippen LogP contribution < -0.4 is 5.32 Å². The first-order chi connectivity index (χ1) is 8.70. The minimum absolute atomic E-state index is 0.570. The Morgan fingerprint density at radius 2 is 1.89 bits per heavy atom. The van der Waals surface area contributed by atoms with Crippen LogP contribution in [0.25, 0.3) is 0 Å². The van der Waals surface area contributed by atoms with E-state index in [0.29, 0.717) is 5.41 Å². The maximum atomic E-state index is 5.83. The first kappa shape index (κ1) is 14.3. The van der Waals surface area contributed by atoms with Crippen LogP contribution in [0.5, 0.6) is 0 Å². The van der Waals surface area contributed by atoms with Gasteiger partial charge in [-0.1, -0.05) is 26.7 Å². The van der Waals surface area contributed by atoms with E-state index in [1.807, 2.05) is 0 Å². The summed E-state index contributed by atoms with van der Waals surface area (Å²) in [5, 5.41) is 3.74. The van der Waals surface area contributed by atoms with Gasteiger partial charge >= 0.3 is 0 Å². The molecule has 0 unspecified atom stereocenters. The smallest absolute Gasteiger partial charge is 0.0471 e. The Balaban J connectivity index is 1.62. The molecule has 2 rings (SSSR count). The molecule has 1 N–H and O–H groups in total. The van der Waals surface area contributed by atoms with Crippen LogP contribution in [0, 0.1) is 11.3 Å². The summed E-state index contributed by atoms with van der Waals surface area (Å²) in [4.78, 5) is 0. The summed E-state index contributed by atoms with van der Waals surface area (Å²) in [5.41, 5.74) is 0.570. The Morgan fingerprint density at radius 3 is 2.50 bits per heavy atom. The van der Waals surface area contributed by atoms with Crippen LogP contribution in [-0.2, 0) is 4.74 Å². The molecule has 2 nitrogen and oxygen atoms in total. The fourth-order valence-corrected chi connectivity index (χ4v) is 3.00. The predicted molar refractivity (Wildman–Crippen MR) is 76.8 cm³/mol. The largest absolute Gasteiger partial charge is 0.381 e. The number of nitrogens with one attached hydrogen (secondary N) is 1. The van der Waals surface area contributed by atoms with Crippen LogP contribution in [-0.4, -0.2) is 25.8 Å². The van der Waals surface area contributed by atoms with Crippen molar-refractivity contribution in [2.75, 3.05) is 19.8 Å². The van der Waals surface area contributed by atoms with Crippen molar-refractivity contribution in [3.8, 4) is 0 Å². The highest BCUT2D eigenvalue weighted by atomic mass is 16.5. The predicted octanol–water partition coefficient (Wildman–Crippen LogP) is 3.75. The van der Waals surface area contributed by atoms with Gasteiger partial charge in [0, 0.05) is 25.8 Å². The molecule has 18 heavy (non-hydrogen) atoms. The van der Waals surface area contributed by atoms with Crippen molar-refractivity contribution in [2.45, 2.75) is 71.3 Å². The van der Waals surface area contributed by atoms with Gasteiger partial charge in [-0.15, -0.1) is 0 Å². The maximum Gasteiger partial charge on any atom is 0.0471 e. The van der Waals surface area contributed by atoms with Crippen molar-refractivity contribution >= 4 is 0 Å². The molecule has 0 saturated heterocycles. The van der Waals surface area contributed by atoms with E-state index in [-0.39, 0.29) is 0 Å². The van der Waals surface area contributed by atoms with Crippen molar-refractivity contribution in [2.24, 2.45) is 11.3 Å². The highest BCUT2D eigenvalue weighted by Gasteiger charge is 2.35. The van der Waals surface area contributed by atoms with E-state index in [9.17, 15) is 0 Å². The molecule has 0 atom stereocenters. The fraction of sp³-hybridized carbons (Fsp3) is 1.00. The molecule has 0 amide bonds. The van der Waals surface area contributed by atoms with Crippen LogP contribution in [0.4, 0.5) is 0 Å². The summed E-state index contributed by atoms with van der Waals surface area (Å²) < 4.78 is 5.83. The van der Waals surface area contributed by atoms with Gasteiger partial charge in [-0.05, 0) is 49.9 Å². The van der Waals surface area contributed by atoms with Crippen LogP contribution in [0.3, 0.4) is 0 Å². The zero-order chi connectivity index (χ0) is 12.8. The molecule has 2 aliphatic carbocycles. The molecular formula is C16H31NO. The van der Waals surface area contributed by atoms with Crippen molar-refractivity contribution in [3.05, 3.63) is 0 Å². The zero-order valence-corrected chi connectivity index (χ0v) is 12.3. The quantitative estimate of drug-likeness (QED) is 0.632. The summed E-state index contributed by atoms with van der Waals surface area (Å²) in [6, 6.07) is 0.851. The lowest BCUT2D eigenvalue weighted by Crippen LogP contribution is -2.34. The third-order valence-corrected chi connectivity index (χ3v) is 4.62. The lowest BCUT2D eigenvalue weighted by molar-refractivity contribution is 0.0868. The molecule has 0 heterocycles. The molecule has 0 spiro atoms. The summed E-state index contributed by atoms with van der Waals surface area (Å²) in [6.45, 7) is 7.69. The SMILES string of the molecule is CC(C)CCOCCC1(CNC2CC2)CCCC1. The van der Waals surface area contributed by atoms with Gasteiger partial charge in [-0.2, -0.15) is 0 Å². The van der Waals surface area contributed by atoms with Gasteiger partial charge in [0.15, 0.2) is 0 Å². The first-order valence-corrected chi connectivity index (χ1v) is 8.01. The van der Waals surface area contributed by atoms with E-state index in [1.165, 1.54) is 57.9 Å². The van der Waals surface area contributed by atoms with Gasteiger partial charge in [0.05, 0.1) is 0 Å². The lowest BCUT2D eigenvalue weighted by Gasteiger charge is -2.29. The second kappa shape index (κ2) is 6.91. The van der Waals surface area contributed by atoms with Crippen molar-refractivity contribution < 1.29 is 4.74 Å². The van der Waals surface area contributed by atoms with Crippen LogP contribution >= 0.6 is 0 Å². The van der Waals surface area contributed by atoms with Gasteiger partial charge < -0.3 is 10.1 Å². The average Bonchev–Trinajstić information content (AvgIpc) is 3.06. The molecule has 2 saturated carbocycles. The Kier molecular flexibility index (Phi) is 5.50.